The second-order valence-corrected chi connectivity index (χ2v) is 10.9. The van der Waals surface area contributed by atoms with Gasteiger partial charge in [-0.05, 0) is 56.5 Å². The molecular weight excluding hydrogens is 484 g/mol. The van der Waals surface area contributed by atoms with Crippen LogP contribution in [-0.4, -0.2) is 43.2 Å². The van der Waals surface area contributed by atoms with Crippen molar-refractivity contribution in [2.45, 2.75) is 37.8 Å². The smallest absolute Gasteiger partial charge is 0.281 e. The number of anilines is 1. The van der Waals surface area contributed by atoms with Gasteiger partial charge in [0.1, 0.15) is 11.6 Å². The molecule has 0 bridgehead atoms. The average molecular weight is 511 g/mol. The molecular formula is C25H26N4O6S. The third-order valence-corrected chi connectivity index (χ3v) is 7.97. The summed E-state index contributed by atoms with van der Waals surface area (Å²) in [6.07, 6.45) is 2.54. The molecule has 5 rings (SSSR count). The van der Waals surface area contributed by atoms with E-state index in [2.05, 4.69) is 40.4 Å². The minimum Gasteiger partial charge on any atom is -0.454 e. The van der Waals surface area contributed by atoms with Crippen molar-refractivity contribution in [3.05, 3.63) is 60.3 Å². The van der Waals surface area contributed by atoms with Gasteiger partial charge in [-0.25, -0.2) is 9.71 Å². The molecule has 0 aliphatic carbocycles. The van der Waals surface area contributed by atoms with Crippen LogP contribution < -0.4 is 23.8 Å². The van der Waals surface area contributed by atoms with E-state index in [1.807, 2.05) is 0 Å². The first-order valence-corrected chi connectivity index (χ1v) is 13.0. The van der Waals surface area contributed by atoms with Crippen LogP contribution >= 0.6 is 0 Å². The Morgan fingerprint density at radius 3 is 2.72 bits per heavy atom. The fraction of sp³-hybridized carbons (Fsp3) is 0.320. The van der Waals surface area contributed by atoms with Crippen LogP contribution in [0.1, 0.15) is 37.6 Å². The Bertz CT molecular complexity index is 1430. The fourth-order valence-corrected chi connectivity index (χ4v) is 5.22. The first-order chi connectivity index (χ1) is 17.1. The van der Waals surface area contributed by atoms with E-state index in [0.717, 1.165) is 13.0 Å². The van der Waals surface area contributed by atoms with Gasteiger partial charge in [-0.2, -0.15) is 13.4 Å². The van der Waals surface area contributed by atoms with Crippen molar-refractivity contribution in [1.29, 1.82) is 0 Å². The molecule has 1 unspecified atom stereocenters. The van der Waals surface area contributed by atoms with Gasteiger partial charge < -0.3 is 19.1 Å². The Morgan fingerprint density at radius 1 is 1.14 bits per heavy atom. The van der Waals surface area contributed by atoms with E-state index in [9.17, 15) is 13.2 Å². The third-order valence-electron chi connectivity index (χ3n) is 6.74. The van der Waals surface area contributed by atoms with Crippen molar-refractivity contribution in [3.8, 4) is 23.1 Å². The van der Waals surface area contributed by atoms with Gasteiger partial charge in [0.25, 0.3) is 15.9 Å². The summed E-state index contributed by atoms with van der Waals surface area (Å²) in [5.41, 5.74) is -0.0551. The average Bonchev–Trinajstić information content (AvgIpc) is 3.42. The molecule has 10 nitrogen and oxygen atoms in total. The molecule has 1 aromatic carbocycles. The summed E-state index contributed by atoms with van der Waals surface area (Å²) in [5.74, 6) is 1.61. The molecule has 2 aliphatic rings. The summed E-state index contributed by atoms with van der Waals surface area (Å²) in [5, 5.41) is -0.352. The molecule has 0 spiro atoms. The van der Waals surface area contributed by atoms with E-state index in [0.29, 0.717) is 29.0 Å². The standard InChI is InChI=1S/C25H26N4O6S/c1-16-11-13-29(25(16,2)3)23-18(6-5-12-26-23)24(30)28-36(31,32)22-8-4-7-21(27-22)35-17-9-10-19-20(14-17)34-15-33-19/h4-10,12,14,16H,11,13,15H2,1-3H3,(H,28,30). The first kappa shape index (κ1) is 23.9. The third kappa shape index (κ3) is 4.41. The molecule has 188 valence electrons. The Kier molecular flexibility index (Phi) is 5.95. The number of nitrogens with zero attached hydrogens (tertiary/aromatic N) is 3. The van der Waals surface area contributed by atoms with Crippen molar-refractivity contribution in [3.63, 3.8) is 0 Å². The summed E-state index contributed by atoms with van der Waals surface area (Å²) in [6.45, 7) is 7.18. The highest BCUT2D eigenvalue weighted by molar-refractivity contribution is 7.90. The summed E-state index contributed by atoms with van der Waals surface area (Å²) >= 11 is 0. The zero-order valence-electron chi connectivity index (χ0n) is 20.1. The van der Waals surface area contributed by atoms with E-state index in [1.54, 1.807) is 36.5 Å². The van der Waals surface area contributed by atoms with Crippen LogP contribution in [0.25, 0.3) is 0 Å². The van der Waals surface area contributed by atoms with Gasteiger partial charge in [0, 0.05) is 30.4 Å². The topological polar surface area (TPSA) is 120 Å². The highest BCUT2D eigenvalue weighted by Crippen LogP contribution is 2.38. The Morgan fingerprint density at radius 2 is 1.94 bits per heavy atom. The lowest BCUT2D eigenvalue weighted by Gasteiger charge is -2.36. The van der Waals surface area contributed by atoms with E-state index in [4.69, 9.17) is 14.2 Å². The number of aromatic nitrogens is 2. The monoisotopic (exact) mass is 510 g/mol. The highest BCUT2D eigenvalue weighted by Gasteiger charge is 2.40. The normalized spacial score (nSPS) is 18.2. The van der Waals surface area contributed by atoms with Crippen LogP contribution in [0.2, 0.25) is 0 Å². The molecule has 0 radical (unpaired) electrons. The molecule has 1 amide bonds. The number of rotatable bonds is 6. The summed E-state index contributed by atoms with van der Waals surface area (Å²) < 4.78 is 44.6. The molecule has 36 heavy (non-hydrogen) atoms. The van der Waals surface area contributed by atoms with Crippen molar-refractivity contribution in [2.24, 2.45) is 5.92 Å². The summed E-state index contributed by atoms with van der Waals surface area (Å²) in [6, 6.07) is 12.4. The Balaban J connectivity index is 1.36. The summed E-state index contributed by atoms with van der Waals surface area (Å²) in [7, 11) is -4.29. The molecule has 4 heterocycles. The highest BCUT2D eigenvalue weighted by atomic mass is 32.2. The van der Waals surface area contributed by atoms with Crippen molar-refractivity contribution < 1.29 is 27.4 Å². The number of carbonyl (C=O) groups excluding carboxylic acids is 1. The molecule has 2 aliphatic heterocycles. The van der Waals surface area contributed by atoms with Crippen LogP contribution in [0, 0.1) is 5.92 Å². The van der Waals surface area contributed by atoms with Crippen LogP contribution in [-0.2, 0) is 10.0 Å². The van der Waals surface area contributed by atoms with E-state index in [1.165, 1.54) is 18.2 Å². The lowest BCUT2D eigenvalue weighted by atomic mass is 9.90. The summed E-state index contributed by atoms with van der Waals surface area (Å²) in [4.78, 5) is 23.7. The van der Waals surface area contributed by atoms with Crippen LogP contribution in [0.5, 0.6) is 23.1 Å². The molecule has 1 fully saturated rings. The molecule has 2 aromatic heterocycles. The van der Waals surface area contributed by atoms with Gasteiger partial charge in [0.15, 0.2) is 16.5 Å². The number of amides is 1. The lowest BCUT2D eigenvalue weighted by molar-refractivity contribution is 0.0981. The number of sulfonamides is 1. The molecule has 11 heteroatoms. The number of ether oxygens (including phenoxy) is 3. The zero-order valence-corrected chi connectivity index (χ0v) is 20.9. The zero-order chi connectivity index (χ0) is 25.5. The SMILES string of the molecule is CC1CCN(c2ncccc2C(=O)NS(=O)(=O)c2cccc(Oc3ccc4c(c3)OCO4)n2)C1(C)C. The molecule has 1 N–H and O–H groups in total. The fourth-order valence-electron chi connectivity index (χ4n) is 4.29. The van der Waals surface area contributed by atoms with Crippen molar-refractivity contribution >= 4 is 21.7 Å². The van der Waals surface area contributed by atoms with Crippen LogP contribution in [0.4, 0.5) is 5.82 Å². The Labute approximate surface area is 209 Å². The predicted molar refractivity (Wildman–Crippen MR) is 131 cm³/mol. The number of hydrogen-bond donors (Lipinski definition) is 1. The maximum atomic E-state index is 13.1. The maximum Gasteiger partial charge on any atom is 0.281 e. The molecule has 3 aromatic rings. The second-order valence-electron chi connectivity index (χ2n) is 9.24. The van der Waals surface area contributed by atoms with Crippen molar-refractivity contribution in [1.82, 2.24) is 14.7 Å². The number of pyridine rings is 2. The molecule has 0 saturated carbocycles. The van der Waals surface area contributed by atoms with Gasteiger partial charge in [-0.3, -0.25) is 4.79 Å². The van der Waals surface area contributed by atoms with Crippen LogP contribution in [0.15, 0.2) is 59.8 Å². The van der Waals surface area contributed by atoms with Gasteiger partial charge in [-0.15, -0.1) is 0 Å². The van der Waals surface area contributed by atoms with Gasteiger partial charge >= 0.3 is 0 Å². The maximum absolute atomic E-state index is 13.1. The predicted octanol–water partition coefficient (Wildman–Crippen LogP) is 3.74. The van der Waals surface area contributed by atoms with E-state index in [-0.39, 0.29) is 28.8 Å². The van der Waals surface area contributed by atoms with Gasteiger partial charge in [-0.1, -0.05) is 13.0 Å². The largest absolute Gasteiger partial charge is 0.454 e. The van der Waals surface area contributed by atoms with Crippen LogP contribution in [0.3, 0.4) is 0 Å². The van der Waals surface area contributed by atoms with Crippen molar-refractivity contribution in [2.75, 3.05) is 18.2 Å². The second kappa shape index (κ2) is 8.98. The lowest BCUT2D eigenvalue weighted by Crippen LogP contribution is -2.43. The minimum absolute atomic E-state index is 0.0408. The first-order valence-electron chi connectivity index (χ1n) is 11.5. The number of benzene rings is 1. The Hall–Kier alpha value is -3.86. The molecule has 1 saturated heterocycles. The molecule has 1 atom stereocenters. The number of carbonyl (C=O) groups is 1. The number of nitrogens with one attached hydrogen (secondary N) is 1. The number of hydrogen-bond acceptors (Lipinski definition) is 9. The van der Waals surface area contributed by atoms with Gasteiger partial charge in [0.2, 0.25) is 12.7 Å². The van der Waals surface area contributed by atoms with Gasteiger partial charge in [0.05, 0.1) is 5.56 Å². The quantitative estimate of drug-likeness (QED) is 0.529. The minimum atomic E-state index is -4.29. The number of fused-ring (bicyclic) bond motifs is 1. The van der Waals surface area contributed by atoms with E-state index >= 15 is 0 Å². The van der Waals surface area contributed by atoms with E-state index < -0.39 is 15.9 Å².